The summed E-state index contributed by atoms with van der Waals surface area (Å²) in [6.45, 7) is 9.52. The number of carboxylic acids is 1. The second kappa shape index (κ2) is 22.1. The number of aliphatic hydroxyl groups excluding tert-OH is 1. The average Bonchev–Trinajstić information content (AvgIpc) is 3.92. The summed E-state index contributed by atoms with van der Waals surface area (Å²) >= 11 is 0. The number of hydrogen-bond donors (Lipinski definition) is 2. The molecule has 326 valence electrons. The second-order valence-corrected chi connectivity index (χ2v) is 15.1. The zero-order valence-electron chi connectivity index (χ0n) is 36.2. The molecule has 0 aliphatic heterocycles. The summed E-state index contributed by atoms with van der Waals surface area (Å²) in [5, 5.41) is 22.2. The largest absolute Gasteiger partial charge is 0.492 e. The number of aryl methyl sites for hydroxylation is 2. The molecule has 0 bridgehead atoms. The number of aromatic nitrogens is 2. The van der Waals surface area contributed by atoms with E-state index >= 15 is 4.79 Å². The van der Waals surface area contributed by atoms with Gasteiger partial charge >= 0.3 is 5.97 Å². The molecule has 2 heterocycles. The van der Waals surface area contributed by atoms with Crippen LogP contribution in [-0.4, -0.2) is 81.0 Å². The highest BCUT2D eigenvalue weighted by Crippen LogP contribution is 2.35. The molecule has 0 spiro atoms. The molecule has 0 saturated heterocycles. The summed E-state index contributed by atoms with van der Waals surface area (Å²) in [5.74, 6) is -0.695. The normalized spacial score (nSPS) is 13.2. The van der Waals surface area contributed by atoms with Crippen LogP contribution >= 0.6 is 0 Å². The summed E-state index contributed by atoms with van der Waals surface area (Å²) in [7, 11) is 0. The smallest absolute Gasteiger partial charge is 0.358 e. The van der Waals surface area contributed by atoms with Crippen LogP contribution in [0.1, 0.15) is 54.9 Å². The van der Waals surface area contributed by atoms with Gasteiger partial charge in [-0.25, -0.2) is 4.79 Å². The molecule has 0 aliphatic carbocycles. The third-order valence-electron chi connectivity index (χ3n) is 11.1. The Morgan fingerprint density at radius 1 is 0.726 bits per heavy atom. The van der Waals surface area contributed by atoms with Crippen LogP contribution in [0.15, 0.2) is 140 Å². The van der Waals surface area contributed by atoms with Crippen LogP contribution in [0.5, 0.6) is 11.5 Å². The molecule has 11 nitrogen and oxygen atoms in total. The molecule has 4 aromatic carbocycles. The number of aliphatic hydroxyl groups is 1. The van der Waals surface area contributed by atoms with E-state index in [1.165, 1.54) is 10.6 Å². The summed E-state index contributed by atoms with van der Waals surface area (Å²) < 4.78 is 29.0. The highest BCUT2D eigenvalue weighted by molar-refractivity contribution is 5.89. The van der Waals surface area contributed by atoms with E-state index in [1.807, 2.05) is 60.8 Å². The van der Waals surface area contributed by atoms with Gasteiger partial charge in [-0.3, -0.25) is 9.69 Å². The predicted octanol–water partition coefficient (Wildman–Crippen LogP) is 8.56. The summed E-state index contributed by atoms with van der Waals surface area (Å²) in [5.41, 5.74) is 4.34. The maximum absolute atomic E-state index is 15.1. The van der Waals surface area contributed by atoms with Gasteiger partial charge in [0, 0.05) is 49.3 Å². The van der Waals surface area contributed by atoms with E-state index < -0.39 is 36.4 Å². The van der Waals surface area contributed by atoms with Crippen LogP contribution in [0.25, 0.3) is 11.3 Å². The number of ether oxygens (including phenoxy) is 4. The van der Waals surface area contributed by atoms with Crippen molar-refractivity contribution in [1.29, 1.82) is 0 Å². The minimum absolute atomic E-state index is 0.0262. The molecular weight excluding hydrogens is 783 g/mol. The second-order valence-electron chi connectivity index (χ2n) is 15.1. The fourth-order valence-electron chi connectivity index (χ4n) is 8.00. The first-order valence-corrected chi connectivity index (χ1v) is 21.5. The lowest BCUT2D eigenvalue weighted by atomic mass is 9.94. The number of carbonyl (C=O) groups is 2. The van der Waals surface area contributed by atoms with E-state index in [4.69, 9.17) is 18.9 Å². The number of hydrogen-bond acceptors (Lipinski definition) is 7. The number of rotatable bonds is 24. The minimum Gasteiger partial charge on any atom is -0.492 e. The van der Waals surface area contributed by atoms with Gasteiger partial charge in [0.15, 0.2) is 0 Å². The molecule has 2 N–H and O–H groups in total. The van der Waals surface area contributed by atoms with Crippen molar-refractivity contribution in [3.8, 4) is 22.8 Å². The van der Waals surface area contributed by atoms with Gasteiger partial charge in [0.2, 0.25) is 5.72 Å². The van der Waals surface area contributed by atoms with Crippen molar-refractivity contribution in [2.75, 3.05) is 33.0 Å². The fourth-order valence-corrected chi connectivity index (χ4v) is 8.00. The van der Waals surface area contributed by atoms with E-state index in [0.29, 0.717) is 48.9 Å². The number of carboxylic acid groups (broad SMARTS) is 1. The van der Waals surface area contributed by atoms with Crippen molar-refractivity contribution < 1.29 is 38.7 Å². The lowest BCUT2D eigenvalue weighted by Crippen LogP contribution is -2.64. The molecule has 6 rings (SSSR count). The molecule has 1 amide bonds. The average molecular weight is 842 g/mol. The molecule has 0 aliphatic rings. The topological polar surface area (TPSA) is 125 Å². The Bertz CT molecular complexity index is 2290. The van der Waals surface area contributed by atoms with Crippen molar-refractivity contribution in [1.82, 2.24) is 14.0 Å². The van der Waals surface area contributed by atoms with Gasteiger partial charge in [-0.1, -0.05) is 91.9 Å². The van der Waals surface area contributed by atoms with Crippen LogP contribution < -0.4 is 9.47 Å². The minimum atomic E-state index is -2.23. The molecule has 2 aromatic heterocycles. The SMILES string of the molecule is CCO[C@@H](Cc1ccc(OCCn2c(C)ccc2-c2ccccc2)cc1)C(=O)N([C@H](CO)c1ccccc1)C(Cc1ccc(OCCn2cccc2CC)cc1)(OCC)C(=O)O. The maximum Gasteiger partial charge on any atom is 0.358 e. The Kier molecular flexibility index (Phi) is 16.2. The van der Waals surface area contributed by atoms with Crippen molar-refractivity contribution in [2.45, 2.75) is 77.9 Å². The third kappa shape index (κ3) is 11.0. The fraction of sp³-hybridized carbons (Fsp3) is 0.333. The number of carbonyl (C=O) groups excluding carboxylic acids is 1. The zero-order valence-corrected chi connectivity index (χ0v) is 36.2. The number of aliphatic carboxylic acids is 1. The standard InChI is InChI=1S/C51H59N3O8/c1-5-43-19-14-30-52(43)31-33-60-45-27-23-40(24-28-45)36-51(50(57)58,62-7-3)54(47(37-55)42-17-12-9-13-18-42)49(56)48(59-6-2)35-39-21-25-44(26-22-39)61-34-32-53-38(4)20-29-46(53)41-15-10-8-11-16-41/h8-30,47-48,55H,5-7,31-37H2,1-4H3,(H,57,58)/t47-,48+,51?/m1/s1. The number of amides is 1. The first kappa shape index (κ1) is 45.4. The van der Waals surface area contributed by atoms with Gasteiger partial charge < -0.3 is 38.3 Å². The van der Waals surface area contributed by atoms with Crippen molar-refractivity contribution >= 4 is 11.9 Å². The maximum atomic E-state index is 15.1. The van der Waals surface area contributed by atoms with Crippen LogP contribution in [0.3, 0.4) is 0 Å². The van der Waals surface area contributed by atoms with Gasteiger partial charge in [0.05, 0.1) is 25.7 Å². The van der Waals surface area contributed by atoms with Crippen molar-refractivity contribution in [3.63, 3.8) is 0 Å². The molecule has 0 fully saturated rings. The first-order chi connectivity index (χ1) is 30.2. The Hall–Kier alpha value is -6.14. The molecule has 62 heavy (non-hydrogen) atoms. The van der Waals surface area contributed by atoms with E-state index in [2.05, 4.69) is 53.3 Å². The third-order valence-corrected chi connectivity index (χ3v) is 11.1. The lowest BCUT2D eigenvalue weighted by molar-refractivity contribution is -0.214. The van der Waals surface area contributed by atoms with E-state index in [1.54, 1.807) is 62.4 Å². The van der Waals surface area contributed by atoms with E-state index in [-0.39, 0.29) is 26.1 Å². The van der Waals surface area contributed by atoms with Crippen molar-refractivity contribution in [3.05, 3.63) is 168 Å². The molecule has 11 heteroatoms. The molecule has 6 aromatic rings. The highest BCUT2D eigenvalue weighted by atomic mass is 16.5. The Labute approximate surface area is 365 Å². The summed E-state index contributed by atoms with van der Waals surface area (Å²) in [4.78, 5) is 30.1. The van der Waals surface area contributed by atoms with Crippen LogP contribution in [0.4, 0.5) is 0 Å². The number of benzene rings is 4. The van der Waals surface area contributed by atoms with Crippen LogP contribution in [0, 0.1) is 6.92 Å². The lowest BCUT2D eigenvalue weighted by Gasteiger charge is -2.45. The molecule has 3 atom stereocenters. The Balaban J connectivity index is 1.22. The van der Waals surface area contributed by atoms with Crippen LogP contribution in [0.2, 0.25) is 0 Å². The monoisotopic (exact) mass is 841 g/mol. The quantitative estimate of drug-likeness (QED) is 0.0582. The predicted molar refractivity (Wildman–Crippen MR) is 240 cm³/mol. The zero-order chi connectivity index (χ0) is 43.9. The molecule has 1 unspecified atom stereocenters. The van der Waals surface area contributed by atoms with Crippen LogP contribution in [-0.2, 0) is 51.4 Å². The Morgan fingerprint density at radius 2 is 1.35 bits per heavy atom. The van der Waals surface area contributed by atoms with Gasteiger partial charge in [-0.15, -0.1) is 0 Å². The molecular formula is C51H59N3O8. The van der Waals surface area contributed by atoms with Crippen molar-refractivity contribution in [2.24, 2.45) is 0 Å². The first-order valence-electron chi connectivity index (χ1n) is 21.5. The number of nitrogens with zero attached hydrogens (tertiary/aromatic N) is 3. The molecule has 0 saturated carbocycles. The van der Waals surface area contributed by atoms with Gasteiger partial charge in [0.1, 0.15) is 30.8 Å². The van der Waals surface area contributed by atoms with Gasteiger partial charge in [-0.2, -0.15) is 0 Å². The Morgan fingerprint density at radius 3 is 1.95 bits per heavy atom. The van der Waals surface area contributed by atoms with Gasteiger partial charge in [0.25, 0.3) is 5.91 Å². The summed E-state index contributed by atoms with van der Waals surface area (Å²) in [6.07, 6.45) is 1.77. The van der Waals surface area contributed by atoms with Gasteiger partial charge in [-0.05, 0) is 98.0 Å². The molecule has 0 radical (unpaired) electrons. The summed E-state index contributed by atoms with van der Waals surface area (Å²) in [6, 6.07) is 41.1. The van der Waals surface area contributed by atoms with E-state index in [0.717, 1.165) is 28.9 Å². The highest BCUT2D eigenvalue weighted by Gasteiger charge is 2.52. The van der Waals surface area contributed by atoms with E-state index in [9.17, 15) is 15.0 Å².